The molecule has 3 heterocycles. The number of amides is 2. The fourth-order valence-corrected chi connectivity index (χ4v) is 3.95. The van der Waals surface area contributed by atoms with Gasteiger partial charge in [-0.25, -0.2) is 13.8 Å². The van der Waals surface area contributed by atoms with Gasteiger partial charge < -0.3 is 10.2 Å². The second kappa shape index (κ2) is 8.69. The summed E-state index contributed by atoms with van der Waals surface area (Å²) in [5, 5.41) is 5.85. The van der Waals surface area contributed by atoms with E-state index in [4.69, 9.17) is 0 Å². The molecular weight excluding hydrogens is 517 g/mol. The summed E-state index contributed by atoms with van der Waals surface area (Å²) in [4.78, 5) is 30.0. The van der Waals surface area contributed by atoms with E-state index in [9.17, 15) is 31.5 Å². The molecule has 33 heavy (non-hydrogen) atoms. The maximum Gasteiger partial charge on any atom is 0.405 e. The van der Waals surface area contributed by atoms with Gasteiger partial charge in [-0.1, -0.05) is 0 Å². The van der Waals surface area contributed by atoms with Crippen molar-refractivity contribution in [3.05, 3.63) is 58.0 Å². The average molecular weight is 532 g/mol. The molecule has 2 amide bonds. The predicted octanol–water partition coefficient (Wildman–Crippen LogP) is 3.39. The lowest BCUT2D eigenvalue weighted by Crippen LogP contribution is -2.48. The topological polar surface area (TPSA) is 80.1 Å². The van der Waals surface area contributed by atoms with E-state index in [-0.39, 0.29) is 35.6 Å². The largest absolute Gasteiger partial charge is 0.405 e. The van der Waals surface area contributed by atoms with Crippen LogP contribution in [0.25, 0.3) is 10.9 Å². The summed E-state index contributed by atoms with van der Waals surface area (Å²) in [7, 11) is 0. The van der Waals surface area contributed by atoms with Gasteiger partial charge in [0.05, 0.1) is 16.6 Å². The van der Waals surface area contributed by atoms with Crippen molar-refractivity contribution in [1.82, 2.24) is 25.0 Å². The molecule has 174 valence electrons. The molecule has 1 aromatic carbocycles. The second-order valence-electron chi connectivity index (χ2n) is 7.49. The molecule has 4 rings (SSSR count). The first-order valence-electron chi connectivity index (χ1n) is 9.61. The molecule has 2 aromatic heterocycles. The van der Waals surface area contributed by atoms with E-state index in [0.29, 0.717) is 16.2 Å². The van der Waals surface area contributed by atoms with E-state index in [1.165, 1.54) is 11.1 Å². The molecule has 0 bridgehead atoms. The highest BCUT2D eigenvalue weighted by atomic mass is 79.9. The van der Waals surface area contributed by atoms with Crippen molar-refractivity contribution in [1.29, 1.82) is 0 Å². The van der Waals surface area contributed by atoms with Crippen molar-refractivity contribution >= 4 is 38.6 Å². The van der Waals surface area contributed by atoms with Crippen LogP contribution in [0.3, 0.4) is 0 Å². The van der Waals surface area contributed by atoms with Gasteiger partial charge >= 0.3 is 6.18 Å². The predicted molar refractivity (Wildman–Crippen MR) is 109 cm³/mol. The van der Waals surface area contributed by atoms with Crippen molar-refractivity contribution in [3.8, 4) is 0 Å². The summed E-state index contributed by atoms with van der Waals surface area (Å²) in [6.45, 7) is -1.80. The summed E-state index contributed by atoms with van der Waals surface area (Å²) < 4.78 is 66.9. The third kappa shape index (κ3) is 4.97. The number of aromatic nitrogens is 3. The monoisotopic (exact) mass is 531 g/mol. The van der Waals surface area contributed by atoms with Gasteiger partial charge in [0.1, 0.15) is 29.3 Å². The Labute approximate surface area is 191 Å². The number of hydrogen-bond acceptors (Lipinski definition) is 4. The number of hydrogen-bond donors (Lipinski definition) is 1. The van der Waals surface area contributed by atoms with Crippen LogP contribution >= 0.6 is 15.9 Å². The molecule has 1 N–H and O–H groups in total. The van der Waals surface area contributed by atoms with Gasteiger partial charge in [0.25, 0.3) is 5.91 Å². The normalized spacial score (nSPS) is 14.4. The molecule has 0 saturated carbocycles. The Balaban J connectivity index is 1.56. The fourth-order valence-electron chi connectivity index (χ4n) is 3.58. The van der Waals surface area contributed by atoms with Crippen LogP contribution in [0.1, 0.15) is 22.0 Å². The highest BCUT2D eigenvalue weighted by Crippen LogP contribution is 2.34. The van der Waals surface area contributed by atoms with Crippen LogP contribution in [0.15, 0.2) is 35.1 Å². The van der Waals surface area contributed by atoms with Gasteiger partial charge in [-0.2, -0.15) is 18.3 Å². The van der Waals surface area contributed by atoms with Gasteiger partial charge in [-0.3, -0.25) is 14.3 Å². The van der Waals surface area contributed by atoms with Crippen LogP contribution in [0.5, 0.6) is 0 Å². The lowest BCUT2D eigenvalue weighted by Gasteiger charge is -2.38. The Bertz CT molecular complexity index is 1240. The highest BCUT2D eigenvalue weighted by molar-refractivity contribution is 9.10. The minimum absolute atomic E-state index is 0.0382. The van der Waals surface area contributed by atoms with Crippen LogP contribution in [0.4, 0.5) is 22.0 Å². The molecule has 0 radical (unpaired) electrons. The fraction of sp³-hybridized carbons (Fsp3) is 0.300. The van der Waals surface area contributed by atoms with E-state index >= 15 is 0 Å². The van der Waals surface area contributed by atoms with Crippen LogP contribution in [-0.2, 0) is 11.3 Å². The summed E-state index contributed by atoms with van der Waals surface area (Å²) in [6, 6.07) is 4.73. The smallest absolute Gasteiger partial charge is 0.345 e. The van der Waals surface area contributed by atoms with Crippen molar-refractivity contribution < 1.29 is 31.5 Å². The van der Waals surface area contributed by atoms with Crippen LogP contribution in [-0.4, -0.2) is 57.3 Å². The van der Waals surface area contributed by atoms with E-state index < -0.39 is 42.7 Å². The number of nitrogens with zero attached hydrogens (tertiary/aromatic N) is 4. The number of pyridine rings is 1. The molecule has 1 fully saturated rings. The highest BCUT2D eigenvalue weighted by Gasteiger charge is 2.36. The standard InChI is InChI=1S/C20H15BrF5N5O2/c21-15-3-10(1-2-27-15)19(33)30-6-11(7-30)18-17-13(23)4-12(22)5-14(17)31(29-18)8-16(32)28-9-20(24,25)26/h1-5,11H,6-9H2,(H,28,32). The van der Waals surface area contributed by atoms with Crippen molar-refractivity contribution in [3.63, 3.8) is 0 Å². The number of carbonyl (C=O) groups is 2. The molecule has 0 atom stereocenters. The molecule has 1 aliphatic rings. The molecular formula is C20H15BrF5N5O2. The Morgan fingerprint density at radius 3 is 2.58 bits per heavy atom. The summed E-state index contributed by atoms with van der Waals surface area (Å²) in [5.74, 6) is -3.51. The van der Waals surface area contributed by atoms with E-state index in [1.807, 2.05) is 0 Å². The molecule has 1 saturated heterocycles. The summed E-state index contributed by atoms with van der Waals surface area (Å²) >= 11 is 3.19. The van der Waals surface area contributed by atoms with Crippen molar-refractivity contribution in [2.75, 3.05) is 19.6 Å². The molecule has 0 aliphatic carbocycles. The van der Waals surface area contributed by atoms with E-state index in [1.54, 1.807) is 17.4 Å². The molecule has 7 nitrogen and oxygen atoms in total. The first kappa shape index (κ1) is 23.1. The number of nitrogens with one attached hydrogen (secondary N) is 1. The van der Waals surface area contributed by atoms with Gasteiger partial charge in [-0.05, 0) is 28.1 Å². The van der Waals surface area contributed by atoms with Crippen LogP contribution < -0.4 is 5.32 Å². The number of benzene rings is 1. The van der Waals surface area contributed by atoms with Crippen molar-refractivity contribution in [2.24, 2.45) is 0 Å². The van der Waals surface area contributed by atoms with Crippen molar-refractivity contribution in [2.45, 2.75) is 18.6 Å². The zero-order valence-electron chi connectivity index (χ0n) is 16.7. The number of carbonyl (C=O) groups excluding carboxylic acids is 2. The SMILES string of the molecule is O=C(Cn1nc(C2CN(C(=O)c3ccnc(Br)c3)C2)c2c(F)cc(F)cc21)NCC(F)(F)F. The zero-order chi connectivity index (χ0) is 23.9. The number of rotatable bonds is 5. The number of fused-ring (bicyclic) bond motifs is 1. The second-order valence-corrected chi connectivity index (χ2v) is 8.30. The first-order chi connectivity index (χ1) is 15.5. The minimum Gasteiger partial charge on any atom is -0.345 e. The zero-order valence-corrected chi connectivity index (χ0v) is 18.3. The molecule has 0 spiro atoms. The van der Waals surface area contributed by atoms with Crippen LogP contribution in [0, 0.1) is 11.6 Å². The lowest BCUT2D eigenvalue weighted by atomic mass is 9.93. The van der Waals surface area contributed by atoms with Crippen LogP contribution in [0.2, 0.25) is 0 Å². The number of likely N-dealkylation sites (tertiary alicyclic amines) is 1. The van der Waals surface area contributed by atoms with Gasteiger partial charge in [0.2, 0.25) is 5.91 Å². The molecule has 1 aliphatic heterocycles. The Kier molecular flexibility index (Phi) is 6.08. The Morgan fingerprint density at radius 2 is 1.91 bits per heavy atom. The first-order valence-corrected chi connectivity index (χ1v) is 10.4. The van der Waals surface area contributed by atoms with Gasteiger partial charge in [-0.15, -0.1) is 0 Å². The summed E-state index contributed by atoms with van der Waals surface area (Å²) in [5.41, 5.74) is 0.541. The van der Waals surface area contributed by atoms with Gasteiger partial charge in [0, 0.05) is 42.9 Å². The van der Waals surface area contributed by atoms with E-state index in [0.717, 1.165) is 10.7 Å². The third-order valence-electron chi connectivity index (χ3n) is 5.11. The maximum atomic E-state index is 14.6. The lowest BCUT2D eigenvalue weighted by molar-refractivity contribution is -0.138. The molecule has 0 unspecified atom stereocenters. The number of alkyl halides is 3. The average Bonchev–Trinajstić information content (AvgIpc) is 3.02. The Hall–Kier alpha value is -3.09. The molecule has 13 heteroatoms. The third-order valence-corrected chi connectivity index (χ3v) is 5.54. The molecule has 3 aromatic rings. The Morgan fingerprint density at radius 1 is 1.18 bits per heavy atom. The number of halogens is 6. The maximum absolute atomic E-state index is 14.6. The quantitative estimate of drug-likeness (QED) is 0.404. The summed E-state index contributed by atoms with van der Waals surface area (Å²) in [6.07, 6.45) is -3.13. The van der Waals surface area contributed by atoms with Gasteiger partial charge in [0.15, 0.2) is 0 Å². The van der Waals surface area contributed by atoms with E-state index in [2.05, 4.69) is 26.0 Å². The minimum atomic E-state index is -4.60.